The molecule has 5 nitrogen and oxygen atoms in total. The molecule has 0 saturated carbocycles. The second-order valence-corrected chi connectivity index (χ2v) is 3.30. The molecule has 0 radical (unpaired) electrons. The predicted octanol–water partition coefficient (Wildman–Crippen LogP) is -0.688. The van der Waals surface area contributed by atoms with E-state index in [2.05, 4.69) is 4.99 Å². The molecule has 1 heterocycles. The third-order valence-electron chi connectivity index (χ3n) is 2.52. The summed E-state index contributed by atoms with van der Waals surface area (Å²) in [5, 5.41) is 17.6. The lowest BCUT2D eigenvalue weighted by atomic mass is 10.3. The topological polar surface area (TPSA) is 69.9 Å². The fraction of sp³-hybridized carbons (Fsp3) is 0.750. The number of carboxylic acids is 1. The van der Waals surface area contributed by atoms with Gasteiger partial charge in [0.05, 0.1) is 13.2 Å². The summed E-state index contributed by atoms with van der Waals surface area (Å²) >= 11 is 0. The second kappa shape index (κ2) is 3.85. The van der Waals surface area contributed by atoms with Crippen LogP contribution < -0.4 is 0 Å². The number of hydrogen-bond donors (Lipinski definition) is 2. The molecule has 0 amide bonds. The highest BCUT2D eigenvalue weighted by molar-refractivity contribution is 5.77. The molecule has 1 rings (SSSR count). The Kier molecular flexibility index (Phi) is 3.00. The molecule has 0 aliphatic carbocycles. The zero-order valence-electron chi connectivity index (χ0n) is 7.73. The molecule has 1 aliphatic heterocycles. The summed E-state index contributed by atoms with van der Waals surface area (Å²) in [7, 11) is 0. The number of carbonyl (C=O) groups is 1. The van der Waals surface area contributed by atoms with Gasteiger partial charge in [-0.25, -0.2) is 9.79 Å². The molecule has 5 heteroatoms. The van der Waals surface area contributed by atoms with Crippen molar-refractivity contribution in [2.75, 3.05) is 32.8 Å². The number of aliphatic carboxylic acids is 1. The highest BCUT2D eigenvalue weighted by Gasteiger charge is 2.36. The van der Waals surface area contributed by atoms with Gasteiger partial charge in [-0.3, -0.25) is 4.48 Å². The van der Waals surface area contributed by atoms with E-state index < -0.39 is 5.97 Å². The van der Waals surface area contributed by atoms with Gasteiger partial charge in [0.15, 0.2) is 12.4 Å². The zero-order chi connectivity index (χ0) is 9.90. The summed E-state index contributed by atoms with van der Waals surface area (Å²) in [6.45, 7) is 3.65. The minimum atomic E-state index is -0.843. The van der Waals surface area contributed by atoms with Crippen LogP contribution in [0.5, 0.6) is 0 Å². The number of rotatable bonds is 4. The summed E-state index contributed by atoms with van der Waals surface area (Å²) in [6, 6.07) is 0. The van der Waals surface area contributed by atoms with Crippen LogP contribution in [0.1, 0.15) is 6.92 Å². The van der Waals surface area contributed by atoms with Gasteiger partial charge >= 0.3 is 5.97 Å². The fourth-order valence-electron chi connectivity index (χ4n) is 1.71. The number of nitrogens with zero attached hydrogens (tertiary/aromatic N) is 2. The van der Waals surface area contributed by atoms with E-state index in [-0.39, 0.29) is 13.2 Å². The van der Waals surface area contributed by atoms with Gasteiger partial charge in [-0.15, -0.1) is 0 Å². The van der Waals surface area contributed by atoms with Gasteiger partial charge in [-0.1, -0.05) is 0 Å². The van der Waals surface area contributed by atoms with E-state index in [4.69, 9.17) is 10.2 Å². The Balaban J connectivity index is 2.75. The number of aliphatic hydroxyl groups excluding tert-OH is 1. The minimum absolute atomic E-state index is 0.000139. The molecule has 1 unspecified atom stereocenters. The van der Waals surface area contributed by atoms with Crippen LogP contribution in [0.15, 0.2) is 4.99 Å². The molecule has 0 aromatic heterocycles. The molecule has 1 aliphatic rings. The van der Waals surface area contributed by atoms with Crippen LogP contribution in [0.2, 0.25) is 0 Å². The van der Waals surface area contributed by atoms with Crippen LogP contribution in [0, 0.1) is 0 Å². The monoisotopic (exact) mass is 187 g/mol. The van der Waals surface area contributed by atoms with Gasteiger partial charge in [-0.2, -0.15) is 0 Å². The summed E-state index contributed by atoms with van der Waals surface area (Å²) in [5.74, 6) is -0.0265. The Morgan fingerprint density at radius 2 is 2.38 bits per heavy atom. The van der Waals surface area contributed by atoms with Crippen molar-refractivity contribution in [1.29, 1.82) is 0 Å². The van der Waals surface area contributed by atoms with Crippen molar-refractivity contribution < 1.29 is 19.5 Å². The molecule has 0 bridgehead atoms. The largest absolute Gasteiger partial charge is 0.477 e. The maximum atomic E-state index is 10.6. The Bertz CT molecular complexity index is 240. The second-order valence-electron chi connectivity index (χ2n) is 3.30. The van der Waals surface area contributed by atoms with Crippen molar-refractivity contribution in [1.82, 2.24) is 0 Å². The number of quaternary nitrogens is 1. The lowest BCUT2D eigenvalue weighted by Crippen LogP contribution is -2.54. The number of carboxylic acid groups (broad SMARTS) is 1. The maximum absolute atomic E-state index is 10.6. The molecule has 0 spiro atoms. The molecular weight excluding hydrogens is 172 g/mol. The van der Waals surface area contributed by atoms with Crippen LogP contribution >= 0.6 is 0 Å². The van der Waals surface area contributed by atoms with E-state index in [9.17, 15) is 4.79 Å². The van der Waals surface area contributed by atoms with E-state index >= 15 is 0 Å². The summed E-state index contributed by atoms with van der Waals surface area (Å²) < 4.78 is 0.311. The molecule has 74 valence electrons. The molecule has 0 aromatic carbocycles. The normalized spacial score (nSPS) is 27.4. The highest BCUT2D eigenvalue weighted by Crippen LogP contribution is 2.14. The lowest BCUT2D eigenvalue weighted by molar-refractivity contribution is -0.828. The molecule has 2 N–H and O–H groups in total. The lowest BCUT2D eigenvalue weighted by Gasteiger charge is -2.30. The first-order valence-electron chi connectivity index (χ1n) is 4.31. The van der Waals surface area contributed by atoms with Gasteiger partial charge in [-0.05, 0) is 0 Å². The van der Waals surface area contributed by atoms with Gasteiger partial charge in [0, 0.05) is 6.92 Å². The number of aliphatic imine (C=N–C) groups is 1. The first-order valence-corrected chi connectivity index (χ1v) is 4.31. The van der Waals surface area contributed by atoms with Crippen molar-refractivity contribution in [3.63, 3.8) is 0 Å². The Morgan fingerprint density at radius 1 is 1.69 bits per heavy atom. The smallest absolute Gasteiger partial charge is 0.359 e. The Morgan fingerprint density at radius 3 is 2.77 bits per heavy atom. The first-order chi connectivity index (χ1) is 6.10. The molecular formula is C8H15N2O3+. The van der Waals surface area contributed by atoms with Gasteiger partial charge in [0.25, 0.3) is 0 Å². The zero-order valence-corrected chi connectivity index (χ0v) is 7.73. The average Bonchev–Trinajstić information content (AvgIpc) is 2.32. The SMILES string of the molecule is CC1=NCC[N+]1(CCO)CC(=O)O. The fourth-order valence-corrected chi connectivity index (χ4v) is 1.71. The summed E-state index contributed by atoms with van der Waals surface area (Å²) in [5.41, 5.74) is 0. The maximum Gasteiger partial charge on any atom is 0.359 e. The molecule has 13 heavy (non-hydrogen) atoms. The van der Waals surface area contributed by atoms with Crippen molar-refractivity contribution in [2.24, 2.45) is 4.99 Å². The summed E-state index contributed by atoms with van der Waals surface area (Å²) in [6.07, 6.45) is 0. The van der Waals surface area contributed by atoms with Crippen LogP contribution in [-0.2, 0) is 4.79 Å². The van der Waals surface area contributed by atoms with Crippen LogP contribution in [-0.4, -0.2) is 59.3 Å². The van der Waals surface area contributed by atoms with E-state index in [1.165, 1.54) is 0 Å². The van der Waals surface area contributed by atoms with Crippen molar-refractivity contribution in [2.45, 2.75) is 6.92 Å². The van der Waals surface area contributed by atoms with Crippen LogP contribution in [0.4, 0.5) is 0 Å². The van der Waals surface area contributed by atoms with Gasteiger partial charge < -0.3 is 10.2 Å². The van der Waals surface area contributed by atoms with E-state index in [1.54, 1.807) is 0 Å². The van der Waals surface area contributed by atoms with Crippen molar-refractivity contribution in [3.8, 4) is 0 Å². The number of amidine groups is 1. The average molecular weight is 187 g/mol. The number of aliphatic hydroxyl groups is 1. The molecule has 1 atom stereocenters. The minimum Gasteiger partial charge on any atom is -0.477 e. The van der Waals surface area contributed by atoms with E-state index in [0.29, 0.717) is 24.1 Å². The van der Waals surface area contributed by atoms with Gasteiger partial charge in [0.2, 0.25) is 0 Å². The van der Waals surface area contributed by atoms with Crippen LogP contribution in [0.25, 0.3) is 0 Å². The first kappa shape index (κ1) is 10.1. The van der Waals surface area contributed by atoms with Crippen molar-refractivity contribution in [3.05, 3.63) is 0 Å². The van der Waals surface area contributed by atoms with E-state index in [1.807, 2.05) is 6.92 Å². The number of hydrogen-bond acceptors (Lipinski definition) is 3. The molecule has 0 saturated heterocycles. The third-order valence-corrected chi connectivity index (χ3v) is 2.52. The van der Waals surface area contributed by atoms with Gasteiger partial charge in [0.1, 0.15) is 13.1 Å². The third kappa shape index (κ3) is 2.05. The summed E-state index contributed by atoms with van der Waals surface area (Å²) in [4.78, 5) is 14.8. The van der Waals surface area contributed by atoms with Crippen molar-refractivity contribution >= 4 is 11.8 Å². The highest BCUT2D eigenvalue weighted by atomic mass is 16.4. The standard InChI is InChI=1S/C8H14N2O3/c1-7-9-2-3-10(7,4-5-11)6-8(12)13/h11H,2-6H2,1H3/p+1. The van der Waals surface area contributed by atoms with E-state index in [0.717, 1.165) is 5.84 Å². The molecule has 0 aromatic rings. The quantitative estimate of drug-likeness (QED) is 0.572. The Labute approximate surface area is 76.9 Å². The predicted molar refractivity (Wildman–Crippen MR) is 47.6 cm³/mol. The Hall–Kier alpha value is -0.940. The van der Waals surface area contributed by atoms with Crippen LogP contribution in [0.3, 0.4) is 0 Å². The molecule has 0 fully saturated rings.